The number of nitrogens with two attached hydrogens (primary N) is 1. The molecule has 5 nitrogen and oxygen atoms in total. The van der Waals surface area contributed by atoms with Gasteiger partial charge in [-0.2, -0.15) is 4.98 Å². The lowest BCUT2D eigenvalue weighted by atomic mass is 10.1. The highest BCUT2D eigenvalue weighted by molar-refractivity contribution is 7.15. The van der Waals surface area contributed by atoms with Crippen molar-refractivity contribution in [2.24, 2.45) is 11.7 Å². The summed E-state index contributed by atoms with van der Waals surface area (Å²) in [5.74, 6) is 1.70. The van der Waals surface area contributed by atoms with Crippen LogP contribution in [-0.4, -0.2) is 15.1 Å². The average molecular weight is 365 g/mol. The van der Waals surface area contributed by atoms with Crippen molar-refractivity contribution in [3.05, 3.63) is 40.5 Å². The van der Waals surface area contributed by atoms with Crippen molar-refractivity contribution in [1.29, 1.82) is 0 Å². The molecule has 7 heteroatoms. The van der Waals surface area contributed by atoms with E-state index in [0.29, 0.717) is 24.2 Å². The third-order valence-electron chi connectivity index (χ3n) is 3.49. The van der Waals surface area contributed by atoms with Crippen molar-refractivity contribution >= 4 is 23.7 Å². The van der Waals surface area contributed by atoms with E-state index in [1.54, 1.807) is 11.3 Å². The summed E-state index contributed by atoms with van der Waals surface area (Å²) in [4.78, 5) is 10.1. The minimum atomic E-state index is 0. The maximum Gasteiger partial charge on any atom is 0.270 e. The van der Waals surface area contributed by atoms with E-state index >= 15 is 0 Å². The Morgan fingerprint density at radius 1 is 1.17 bits per heavy atom. The van der Waals surface area contributed by atoms with E-state index in [-0.39, 0.29) is 12.4 Å². The summed E-state index contributed by atoms with van der Waals surface area (Å²) in [5, 5.41) is 5.20. The maximum atomic E-state index is 5.62. The van der Waals surface area contributed by atoms with Crippen molar-refractivity contribution in [2.75, 3.05) is 0 Å². The Morgan fingerprint density at radius 3 is 2.50 bits per heavy atom. The molecule has 2 N–H and O–H groups in total. The second-order valence-electron chi connectivity index (χ2n) is 5.94. The van der Waals surface area contributed by atoms with Gasteiger partial charge in [-0.25, -0.2) is 4.98 Å². The number of hydrogen-bond acceptors (Lipinski definition) is 6. The third kappa shape index (κ3) is 4.01. The number of hydrogen-bond donors (Lipinski definition) is 1. The van der Waals surface area contributed by atoms with Gasteiger partial charge >= 0.3 is 0 Å². The summed E-state index contributed by atoms with van der Waals surface area (Å²) in [6.45, 7) is 6.88. The maximum absolute atomic E-state index is 5.62. The molecule has 24 heavy (non-hydrogen) atoms. The molecular formula is C17H21ClN4OS. The van der Waals surface area contributed by atoms with Gasteiger partial charge in [-0.1, -0.05) is 43.3 Å². The molecule has 0 unspecified atom stereocenters. The Labute approximate surface area is 151 Å². The largest absolute Gasteiger partial charge is 0.333 e. The quantitative estimate of drug-likeness (QED) is 0.732. The van der Waals surface area contributed by atoms with Gasteiger partial charge in [0.15, 0.2) is 0 Å². The van der Waals surface area contributed by atoms with Gasteiger partial charge in [-0.3, -0.25) is 0 Å². The molecule has 0 saturated heterocycles. The number of thiazole rings is 1. The molecule has 0 aliphatic carbocycles. The van der Waals surface area contributed by atoms with Crippen molar-refractivity contribution in [3.8, 4) is 22.2 Å². The minimum Gasteiger partial charge on any atom is -0.333 e. The Kier molecular flexibility index (Phi) is 6.10. The van der Waals surface area contributed by atoms with E-state index in [0.717, 1.165) is 33.1 Å². The number of halogens is 1. The molecule has 3 rings (SSSR count). The first kappa shape index (κ1) is 18.6. The highest BCUT2D eigenvalue weighted by Gasteiger charge is 2.17. The predicted molar refractivity (Wildman–Crippen MR) is 99.3 cm³/mol. The third-order valence-corrected chi connectivity index (χ3v) is 4.66. The molecule has 0 aliphatic rings. The molecule has 2 heterocycles. The number of benzene rings is 1. The lowest BCUT2D eigenvalue weighted by molar-refractivity contribution is 0.433. The van der Waals surface area contributed by atoms with Crippen LogP contribution in [-0.2, 0) is 13.0 Å². The van der Waals surface area contributed by atoms with Crippen LogP contribution in [0.25, 0.3) is 22.2 Å². The first-order chi connectivity index (χ1) is 11.1. The summed E-state index contributed by atoms with van der Waals surface area (Å²) in [7, 11) is 0. The molecule has 3 aromatic rings. The number of nitrogens with zero attached hydrogens (tertiary/aromatic N) is 3. The molecule has 0 aliphatic heterocycles. The first-order valence-corrected chi connectivity index (χ1v) is 8.48. The van der Waals surface area contributed by atoms with E-state index in [1.807, 2.05) is 31.2 Å². The molecule has 0 radical (unpaired) electrons. The summed E-state index contributed by atoms with van der Waals surface area (Å²) < 4.78 is 5.45. The first-order valence-electron chi connectivity index (χ1n) is 7.66. The van der Waals surface area contributed by atoms with Crippen LogP contribution in [0.4, 0.5) is 0 Å². The zero-order valence-electron chi connectivity index (χ0n) is 13.9. The lowest BCUT2D eigenvalue weighted by Crippen LogP contribution is -1.95. The Morgan fingerprint density at radius 2 is 1.88 bits per heavy atom. The summed E-state index contributed by atoms with van der Waals surface area (Å²) >= 11 is 1.63. The second kappa shape index (κ2) is 7.88. The van der Waals surface area contributed by atoms with Gasteiger partial charge < -0.3 is 10.3 Å². The molecule has 1 aromatic carbocycles. The molecule has 0 amide bonds. The van der Waals surface area contributed by atoms with Crippen LogP contribution in [0.5, 0.6) is 0 Å². The Balaban J connectivity index is 0.00000208. The Hall–Kier alpha value is -1.76. The van der Waals surface area contributed by atoms with Gasteiger partial charge in [0, 0.05) is 18.5 Å². The lowest BCUT2D eigenvalue weighted by Gasteiger charge is -1.97. The van der Waals surface area contributed by atoms with Crippen LogP contribution in [0.3, 0.4) is 0 Å². The number of aryl methyl sites for hydroxylation is 1. The van der Waals surface area contributed by atoms with Crippen LogP contribution in [0.1, 0.15) is 30.1 Å². The highest BCUT2D eigenvalue weighted by atomic mass is 35.5. The number of aromatic nitrogens is 3. The summed E-state index contributed by atoms with van der Waals surface area (Å²) in [6, 6.07) is 7.87. The molecule has 0 bridgehead atoms. The molecule has 2 aromatic heterocycles. The van der Waals surface area contributed by atoms with Gasteiger partial charge in [0.25, 0.3) is 5.89 Å². The summed E-state index contributed by atoms with van der Waals surface area (Å²) in [5.41, 5.74) is 8.56. The fourth-order valence-corrected chi connectivity index (χ4v) is 3.51. The monoisotopic (exact) mass is 364 g/mol. The van der Waals surface area contributed by atoms with Gasteiger partial charge in [0.05, 0.1) is 10.7 Å². The van der Waals surface area contributed by atoms with Crippen molar-refractivity contribution < 1.29 is 4.52 Å². The summed E-state index contributed by atoms with van der Waals surface area (Å²) in [6.07, 6.45) is 0.965. The minimum absolute atomic E-state index is 0. The SMILES string of the molecule is Cc1nc(CC(C)C)sc1-c1nc(-c2ccc(CN)cc2)no1.Cl. The van der Waals surface area contributed by atoms with E-state index in [1.165, 1.54) is 0 Å². The zero-order valence-corrected chi connectivity index (χ0v) is 15.6. The van der Waals surface area contributed by atoms with Crippen LogP contribution >= 0.6 is 23.7 Å². The van der Waals surface area contributed by atoms with Crippen molar-refractivity contribution in [2.45, 2.75) is 33.7 Å². The fraction of sp³-hybridized carbons (Fsp3) is 0.353. The topological polar surface area (TPSA) is 77.8 Å². The predicted octanol–water partition coefficient (Wildman–Crippen LogP) is 4.25. The van der Waals surface area contributed by atoms with Crippen molar-refractivity contribution in [3.63, 3.8) is 0 Å². The van der Waals surface area contributed by atoms with Crippen LogP contribution in [0, 0.1) is 12.8 Å². The zero-order chi connectivity index (χ0) is 16.4. The molecule has 0 atom stereocenters. The standard InChI is InChI=1S/C17H20N4OS.ClH/c1-10(2)8-14-19-11(3)15(23-14)17-20-16(21-22-17)13-6-4-12(9-18)5-7-13;/h4-7,10H,8-9,18H2,1-3H3;1H. The van der Waals surface area contributed by atoms with Gasteiger partial charge in [-0.15, -0.1) is 23.7 Å². The van der Waals surface area contributed by atoms with Gasteiger partial charge in [0.1, 0.15) is 4.88 Å². The molecule has 128 valence electrons. The van der Waals surface area contributed by atoms with Crippen molar-refractivity contribution in [1.82, 2.24) is 15.1 Å². The van der Waals surface area contributed by atoms with E-state index in [9.17, 15) is 0 Å². The average Bonchev–Trinajstić information content (AvgIpc) is 3.13. The van der Waals surface area contributed by atoms with Gasteiger partial charge in [0.2, 0.25) is 5.82 Å². The molecular weight excluding hydrogens is 344 g/mol. The smallest absolute Gasteiger partial charge is 0.270 e. The van der Waals surface area contributed by atoms with Crippen LogP contribution in [0.15, 0.2) is 28.8 Å². The molecule has 0 fully saturated rings. The highest BCUT2D eigenvalue weighted by Crippen LogP contribution is 2.31. The van der Waals surface area contributed by atoms with Crippen LogP contribution < -0.4 is 5.73 Å². The van der Waals surface area contributed by atoms with Gasteiger partial charge in [-0.05, 0) is 18.4 Å². The second-order valence-corrected chi connectivity index (χ2v) is 7.03. The van der Waals surface area contributed by atoms with E-state index < -0.39 is 0 Å². The normalized spacial score (nSPS) is 10.9. The molecule has 0 spiro atoms. The Bertz CT molecular complexity index is 795. The number of rotatable bonds is 5. The molecule has 0 saturated carbocycles. The van der Waals surface area contributed by atoms with E-state index in [2.05, 4.69) is 29.0 Å². The fourth-order valence-electron chi connectivity index (χ4n) is 2.31. The van der Waals surface area contributed by atoms with Crippen LogP contribution in [0.2, 0.25) is 0 Å². The van der Waals surface area contributed by atoms with E-state index in [4.69, 9.17) is 10.3 Å².